The van der Waals surface area contributed by atoms with Gasteiger partial charge in [-0.1, -0.05) is 12.2 Å². The highest BCUT2D eigenvalue weighted by Crippen LogP contribution is 1.99. The van der Waals surface area contributed by atoms with Crippen LogP contribution in [0.4, 0.5) is 0 Å². The number of aryl methyl sites for hydroxylation is 1. The average molecular weight is 166 g/mol. The third kappa shape index (κ3) is 1.98. The van der Waals surface area contributed by atoms with Gasteiger partial charge in [-0.2, -0.15) is 0 Å². The van der Waals surface area contributed by atoms with E-state index in [1.807, 2.05) is 26.1 Å². The molecule has 0 saturated carbocycles. The molecule has 3 heteroatoms. The van der Waals surface area contributed by atoms with E-state index in [0.29, 0.717) is 0 Å². The molecule has 1 N–H and O–H groups in total. The van der Waals surface area contributed by atoms with Crippen molar-refractivity contribution < 1.29 is 0 Å². The Kier molecular flexibility index (Phi) is 2.54. The number of thiocarbonyl (C=S) groups is 1. The maximum absolute atomic E-state index is 5.01. The van der Waals surface area contributed by atoms with Crippen LogP contribution in [-0.2, 0) is 0 Å². The van der Waals surface area contributed by atoms with E-state index in [4.69, 9.17) is 12.2 Å². The van der Waals surface area contributed by atoms with Gasteiger partial charge in [-0.05, 0) is 19.1 Å². The van der Waals surface area contributed by atoms with E-state index in [1.165, 1.54) is 0 Å². The molecule has 0 aliphatic carbocycles. The highest BCUT2D eigenvalue weighted by molar-refractivity contribution is 7.80. The van der Waals surface area contributed by atoms with Gasteiger partial charge in [0.15, 0.2) is 0 Å². The van der Waals surface area contributed by atoms with Gasteiger partial charge in [0.1, 0.15) is 4.99 Å². The summed E-state index contributed by atoms with van der Waals surface area (Å²) in [5.74, 6) is 0. The molecule has 0 unspecified atom stereocenters. The SMILES string of the molecule is CNC(=S)c1ccc(C)nc1. The first kappa shape index (κ1) is 8.14. The van der Waals surface area contributed by atoms with Crippen LogP contribution in [0.15, 0.2) is 18.3 Å². The Morgan fingerprint density at radius 3 is 2.73 bits per heavy atom. The molecule has 0 bridgehead atoms. The highest BCUT2D eigenvalue weighted by atomic mass is 32.1. The summed E-state index contributed by atoms with van der Waals surface area (Å²) in [5, 5.41) is 2.89. The lowest BCUT2D eigenvalue weighted by atomic mass is 10.2. The number of rotatable bonds is 1. The number of hydrogen-bond acceptors (Lipinski definition) is 2. The van der Waals surface area contributed by atoms with Crippen molar-refractivity contribution in [1.29, 1.82) is 0 Å². The second-order valence-corrected chi connectivity index (χ2v) is 2.68. The summed E-state index contributed by atoms with van der Waals surface area (Å²) < 4.78 is 0. The van der Waals surface area contributed by atoms with Crippen LogP contribution in [0.3, 0.4) is 0 Å². The number of aromatic nitrogens is 1. The Hall–Kier alpha value is -0.960. The molecule has 1 heterocycles. The first-order valence-corrected chi connectivity index (χ1v) is 3.79. The van der Waals surface area contributed by atoms with Crippen LogP contribution >= 0.6 is 12.2 Å². The second kappa shape index (κ2) is 3.44. The van der Waals surface area contributed by atoms with E-state index in [1.54, 1.807) is 6.20 Å². The number of pyridine rings is 1. The summed E-state index contributed by atoms with van der Waals surface area (Å²) >= 11 is 5.01. The van der Waals surface area contributed by atoms with Crippen molar-refractivity contribution in [2.45, 2.75) is 6.92 Å². The van der Waals surface area contributed by atoms with E-state index in [-0.39, 0.29) is 0 Å². The van der Waals surface area contributed by atoms with Crippen molar-refractivity contribution >= 4 is 17.2 Å². The van der Waals surface area contributed by atoms with Crippen molar-refractivity contribution in [3.8, 4) is 0 Å². The van der Waals surface area contributed by atoms with Gasteiger partial charge in [0.2, 0.25) is 0 Å². The van der Waals surface area contributed by atoms with Crippen LogP contribution in [0.25, 0.3) is 0 Å². The molecule has 0 radical (unpaired) electrons. The van der Waals surface area contributed by atoms with Gasteiger partial charge in [0.25, 0.3) is 0 Å². The number of nitrogens with zero attached hydrogens (tertiary/aromatic N) is 1. The molecule has 1 rings (SSSR count). The summed E-state index contributed by atoms with van der Waals surface area (Å²) in [6, 6.07) is 3.90. The lowest BCUT2D eigenvalue weighted by molar-refractivity contribution is 1.16. The zero-order valence-corrected chi connectivity index (χ0v) is 7.40. The molecule has 0 atom stereocenters. The molecule has 0 spiro atoms. The van der Waals surface area contributed by atoms with Gasteiger partial charge in [0, 0.05) is 24.5 Å². The van der Waals surface area contributed by atoms with Crippen LogP contribution in [0, 0.1) is 6.92 Å². The Morgan fingerprint density at radius 2 is 2.27 bits per heavy atom. The number of nitrogens with one attached hydrogen (secondary N) is 1. The molecule has 0 amide bonds. The standard InChI is InChI=1S/C8H10N2S/c1-6-3-4-7(5-10-6)8(11)9-2/h3-5H,1-2H3,(H,9,11). The van der Waals surface area contributed by atoms with Gasteiger partial charge in [0.05, 0.1) is 0 Å². The maximum Gasteiger partial charge on any atom is 0.107 e. The summed E-state index contributed by atoms with van der Waals surface area (Å²) in [7, 11) is 1.81. The fraction of sp³-hybridized carbons (Fsp3) is 0.250. The van der Waals surface area contributed by atoms with Crippen molar-refractivity contribution in [2.24, 2.45) is 0 Å². The highest BCUT2D eigenvalue weighted by Gasteiger charge is 1.96. The lowest BCUT2D eigenvalue weighted by Gasteiger charge is -2.01. The quantitative estimate of drug-likeness (QED) is 0.636. The largest absolute Gasteiger partial charge is 0.379 e. The topological polar surface area (TPSA) is 24.9 Å². The van der Waals surface area contributed by atoms with Crippen molar-refractivity contribution in [3.05, 3.63) is 29.6 Å². The Morgan fingerprint density at radius 1 is 1.55 bits per heavy atom. The van der Waals surface area contributed by atoms with Crippen molar-refractivity contribution in [2.75, 3.05) is 7.05 Å². The summed E-state index contributed by atoms with van der Waals surface area (Å²) in [4.78, 5) is 4.85. The van der Waals surface area contributed by atoms with Crippen LogP contribution in [0.1, 0.15) is 11.3 Å². The minimum Gasteiger partial charge on any atom is -0.379 e. The minimum absolute atomic E-state index is 0.734. The van der Waals surface area contributed by atoms with Gasteiger partial charge in [-0.15, -0.1) is 0 Å². The van der Waals surface area contributed by atoms with Gasteiger partial charge < -0.3 is 5.32 Å². The van der Waals surface area contributed by atoms with Gasteiger partial charge in [-0.3, -0.25) is 4.98 Å². The van der Waals surface area contributed by atoms with Crippen molar-refractivity contribution in [3.63, 3.8) is 0 Å². The lowest BCUT2D eigenvalue weighted by Crippen LogP contribution is -2.16. The van der Waals surface area contributed by atoms with E-state index in [0.717, 1.165) is 16.2 Å². The van der Waals surface area contributed by atoms with Crippen LogP contribution in [0.2, 0.25) is 0 Å². The van der Waals surface area contributed by atoms with Crippen LogP contribution in [0.5, 0.6) is 0 Å². The van der Waals surface area contributed by atoms with E-state index in [2.05, 4.69) is 10.3 Å². The van der Waals surface area contributed by atoms with Crippen LogP contribution in [-0.4, -0.2) is 17.0 Å². The second-order valence-electron chi connectivity index (χ2n) is 2.27. The zero-order valence-electron chi connectivity index (χ0n) is 6.59. The Balaban J connectivity index is 2.90. The fourth-order valence-corrected chi connectivity index (χ4v) is 0.867. The van der Waals surface area contributed by atoms with Gasteiger partial charge >= 0.3 is 0 Å². The molecular weight excluding hydrogens is 156 g/mol. The molecule has 0 fully saturated rings. The third-order valence-electron chi connectivity index (χ3n) is 1.40. The molecule has 1 aromatic heterocycles. The zero-order chi connectivity index (χ0) is 8.27. The van der Waals surface area contributed by atoms with E-state index < -0.39 is 0 Å². The monoisotopic (exact) mass is 166 g/mol. The van der Waals surface area contributed by atoms with Crippen LogP contribution < -0.4 is 5.32 Å². The fourth-order valence-electron chi connectivity index (χ4n) is 0.746. The molecule has 58 valence electrons. The molecule has 1 aromatic rings. The maximum atomic E-state index is 5.01. The summed E-state index contributed by atoms with van der Waals surface area (Å²) in [6.45, 7) is 1.95. The molecule has 0 aromatic carbocycles. The average Bonchev–Trinajstić information content (AvgIpc) is 2.05. The number of hydrogen-bond donors (Lipinski definition) is 1. The minimum atomic E-state index is 0.734. The molecule has 0 saturated heterocycles. The first-order valence-electron chi connectivity index (χ1n) is 3.39. The summed E-state index contributed by atoms with van der Waals surface area (Å²) in [5.41, 5.74) is 1.97. The molecule has 2 nitrogen and oxygen atoms in total. The molecular formula is C8H10N2S. The molecule has 11 heavy (non-hydrogen) atoms. The Labute approximate surface area is 71.7 Å². The predicted octanol–water partition coefficient (Wildman–Crippen LogP) is 1.28. The molecule has 0 aliphatic heterocycles. The summed E-state index contributed by atoms with van der Waals surface area (Å²) in [6.07, 6.45) is 1.77. The third-order valence-corrected chi connectivity index (χ3v) is 1.84. The first-order chi connectivity index (χ1) is 5.24. The normalized spacial score (nSPS) is 9.27. The van der Waals surface area contributed by atoms with E-state index in [9.17, 15) is 0 Å². The predicted molar refractivity (Wildman–Crippen MR) is 49.7 cm³/mol. The Bertz CT molecular complexity index is 253. The van der Waals surface area contributed by atoms with Gasteiger partial charge in [-0.25, -0.2) is 0 Å². The smallest absolute Gasteiger partial charge is 0.107 e. The molecule has 0 aliphatic rings. The van der Waals surface area contributed by atoms with Crippen molar-refractivity contribution in [1.82, 2.24) is 10.3 Å². The van der Waals surface area contributed by atoms with E-state index >= 15 is 0 Å².